The number of carboxylic acid groups (broad SMARTS) is 1. The number of anilines is 3. The standard InChI is InChI=1S/C19H17N3O5/c1-2-11(10-6-4-3-5-7-10)21-13-14(18(25)17(13)24)22-12-8-9-20-15(16(12)23)19(26)27/h3-9,11,21,23H,2H2,1H3,(H,20,22)(H,26,27). The van der Waals surface area contributed by atoms with Crippen molar-refractivity contribution in [1.82, 2.24) is 4.98 Å². The lowest BCUT2D eigenvalue weighted by molar-refractivity contribution is 0.0687. The molecule has 1 atom stereocenters. The van der Waals surface area contributed by atoms with E-state index >= 15 is 0 Å². The summed E-state index contributed by atoms with van der Waals surface area (Å²) >= 11 is 0. The van der Waals surface area contributed by atoms with Crippen LogP contribution < -0.4 is 21.5 Å². The summed E-state index contributed by atoms with van der Waals surface area (Å²) in [6.45, 7) is 1.94. The van der Waals surface area contributed by atoms with Crippen molar-refractivity contribution in [2.45, 2.75) is 19.4 Å². The molecular weight excluding hydrogens is 350 g/mol. The minimum absolute atomic E-state index is 0.0211. The zero-order valence-electron chi connectivity index (χ0n) is 14.4. The maximum atomic E-state index is 12.0. The summed E-state index contributed by atoms with van der Waals surface area (Å²) in [5.74, 6) is -2.02. The lowest BCUT2D eigenvalue weighted by Crippen LogP contribution is -2.37. The molecule has 8 heteroatoms. The largest absolute Gasteiger partial charge is 0.504 e. The number of carbonyl (C=O) groups is 1. The highest BCUT2D eigenvalue weighted by molar-refractivity contribution is 5.92. The molecule has 1 unspecified atom stereocenters. The molecule has 4 N–H and O–H groups in total. The van der Waals surface area contributed by atoms with Crippen molar-refractivity contribution in [1.29, 1.82) is 0 Å². The number of benzene rings is 1. The molecule has 0 saturated carbocycles. The van der Waals surface area contributed by atoms with E-state index in [0.717, 1.165) is 5.56 Å². The Kier molecular flexibility index (Phi) is 4.89. The number of aromatic nitrogens is 1. The van der Waals surface area contributed by atoms with Gasteiger partial charge >= 0.3 is 5.97 Å². The number of rotatable bonds is 7. The van der Waals surface area contributed by atoms with E-state index in [1.807, 2.05) is 37.3 Å². The van der Waals surface area contributed by atoms with Crippen LogP contribution in [0, 0.1) is 0 Å². The van der Waals surface area contributed by atoms with E-state index in [0.29, 0.717) is 6.42 Å². The first kappa shape index (κ1) is 18.1. The van der Waals surface area contributed by atoms with Crippen molar-refractivity contribution in [3.05, 3.63) is 74.3 Å². The molecule has 8 nitrogen and oxygen atoms in total. The van der Waals surface area contributed by atoms with E-state index in [9.17, 15) is 19.5 Å². The van der Waals surface area contributed by atoms with E-state index in [4.69, 9.17) is 5.11 Å². The minimum Gasteiger partial charge on any atom is -0.504 e. The summed E-state index contributed by atoms with van der Waals surface area (Å²) in [5, 5.41) is 24.8. The van der Waals surface area contributed by atoms with Gasteiger partial charge in [-0.3, -0.25) is 9.59 Å². The van der Waals surface area contributed by atoms with Gasteiger partial charge in [0.2, 0.25) is 0 Å². The Bertz CT molecular complexity index is 1060. The van der Waals surface area contributed by atoms with Gasteiger partial charge < -0.3 is 20.8 Å². The van der Waals surface area contributed by atoms with Gasteiger partial charge in [-0.15, -0.1) is 0 Å². The lowest BCUT2D eigenvalue weighted by Gasteiger charge is -2.22. The Balaban J connectivity index is 1.91. The highest BCUT2D eigenvalue weighted by Gasteiger charge is 2.25. The molecule has 138 valence electrons. The smallest absolute Gasteiger partial charge is 0.358 e. The number of hydrogen-bond donors (Lipinski definition) is 4. The Morgan fingerprint density at radius 2 is 1.78 bits per heavy atom. The number of carboxylic acids is 1. The third-order valence-electron chi connectivity index (χ3n) is 4.23. The maximum Gasteiger partial charge on any atom is 0.358 e. The quantitative estimate of drug-likeness (QED) is 0.469. The molecule has 2 aromatic carbocycles. The number of pyridine rings is 1. The predicted octanol–water partition coefficient (Wildman–Crippen LogP) is 2.39. The molecule has 0 aliphatic rings. The highest BCUT2D eigenvalue weighted by Crippen LogP contribution is 2.31. The highest BCUT2D eigenvalue weighted by atomic mass is 16.4. The van der Waals surface area contributed by atoms with Gasteiger partial charge in [0, 0.05) is 6.20 Å². The van der Waals surface area contributed by atoms with Gasteiger partial charge in [0.1, 0.15) is 11.4 Å². The molecule has 27 heavy (non-hydrogen) atoms. The summed E-state index contributed by atoms with van der Waals surface area (Å²) in [6, 6.07) is 10.6. The Morgan fingerprint density at radius 1 is 1.11 bits per heavy atom. The number of aromatic carboxylic acids is 1. The van der Waals surface area contributed by atoms with Gasteiger partial charge in [0.05, 0.1) is 11.7 Å². The van der Waals surface area contributed by atoms with E-state index in [2.05, 4.69) is 15.6 Å². The van der Waals surface area contributed by atoms with Gasteiger partial charge in [0.25, 0.3) is 10.9 Å². The molecule has 0 amide bonds. The monoisotopic (exact) mass is 367 g/mol. The van der Waals surface area contributed by atoms with Crippen LogP contribution >= 0.6 is 0 Å². The average Bonchev–Trinajstić information content (AvgIpc) is 2.68. The first-order chi connectivity index (χ1) is 12.9. The molecule has 0 fully saturated rings. The fraction of sp³-hybridized carbons (Fsp3) is 0.158. The topological polar surface area (TPSA) is 129 Å². The van der Waals surface area contributed by atoms with Gasteiger partial charge in [-0.25, -0.2) is 9.78 Å². The second-order valence-electron chi connectivity index (χ2n) is 5.91. The molecule has 1 aromatic heterocycles. The fourth-order valence-corrected chi connectivity index (χ4v) is 2.78. The van der Waals surface area contributed by atoms with Gasteiger partial charge in [-0.2, -0.15) is 0 Å². The zero-order valence-corrected chi connectivity index (χ0v) is 14.4. The van der Waals surface area contributed by atoms with Gasteiger partial charge in [-0.1, -0.05) is 37.3 Å². The van der Waals surface area contributed by atoms with Gasteiger partial charge in [0.15, 0.2) is 11.4 Å². The average molecular weight is 367 g/mol. The molecule has 3 aromatic rings. The molecular formula is C19H17N3O5. The first-order valence-electron chi connectivity index (χ1n) is 8.27. The normalized spacial score (nSPS) is 11.9. The molecule has 0 aliphatic heterocycles. The SMILES string of the molecule is CCC(Nc1c(Nc2ccnc(C(=O)O)c2O)c(=O)c1=O)c1ccccc1. The number of nitrogens with one attached hydrogen (secondary N) is 2. The van der Waals surface area contributed by atoms with Crippen LogP contribution in [0.5, 0.6) is 5.75 Å². The Hall–Kier alpha value is -3.68. The van der Waals surface area contributed by atoms with Crippen molar-refractivity contribution in [2.75, 3.05) is 10.6 Å². The zero-order chi connectivity index (χ0) is 19.6. The first-order valence-corrected chi connectivity index (χ1v) is 8.27. The molecule has 0 aliphatic carbocycles. The summed E-state index contributed by atoms with van der Waals surface area (Å²) in [7, 11) is 0. The van der Waals surface area contributed by atoms with Crippen LogP contribution in [-0.4, -0.2) is 21.2 Å². The Labute approximate surface area is 153 Å². The lowest BCUT2D eigenvalue weighted by atomic mass is 10.0. The van der Waals surface area contributed by atoms with E-state index in [1.54, 1.807) is 0 Å². The second kappa shape index (κ2) is 7.28. The third-order valence-corrected chi connectivity index (χ3v) is 4.23. The summed E-state index contributed by atoms with van der Waals surface area (Å²) < 4.78 is 0. The van der Waals surface area contributed by atoms with E-state index in [-0.39, 0.29) is 23.1 Å². The summed E-state index contributed by atoms with van der Waals surface area (Å²) in [4.78, 5) is 38.7. The molecule has 0 radical (unpaired) electrons. The van der Waals surface area contributed by atoms with E-state index < -0.39 is 28.3 Å². The maximum absolute atomic E-state index is 12.0. The number of aromatic hydroxyl groups is 1. The molecule has 0 saturated heterocycles. The van der Waals surface area contributed by atoms with Crippen LogP contribution in [0.2, 0.25) is 0 Å². The third kappa shape index (κ3) is 3.37. The molecule has 0 bridgehead atoms. The summed E-state index contributed by atoms with van der Waals surface area (Å²) in [6.07, 6.45) is 1.86. The van der Waals surface area contributed by atoms with Gasteiger partial charge in [-0.05, 0) is 18.1 Å². The molecule has 3 rings (SSSR count). The van der Waals surface area contributed by atoms with Crippen LogP contribution in [0.3, 0.4) is 0 Å². The second-order valence-corrected chi connectivity index (χ2v) is 5.91. The van der Waals surface area contributed by atoms with Crippen molar-refractivity contribution in [3.63, 3.8) is 0 Å². The van der Waals surface area contributed by atoms with Crippen LogP contribution in [-0.2, 0) is 0 Å². The van der Waals surface area contributed by atoms with Crippen molar-refractivity contribution in [3.8, 4) is 5.75 Å². The summed E-state index contributed by atoms with van der Waals surface area (Å²) in [5.41, 5.74) is -0.948. The van der Waals surface area contributed by atoms with Crippen LogP contribution in [0.25, 0.3) is 0 Å². The van der Waals surface area contributed by atoms with Crippen LogP contribution in [0.1, 0.15) is 35.4 Å². The molecule has 1 heterocycles. The Morgan fingerprint density at radius 3 is 2.41 bits per heavy atom. The minimum atomic E-state index is -1.41. The van der Waals surface area contributed by atoms with Crippen molar-refractivity contribution < 1.29 is 15.0 Å². The van der Waals surface area contributed by atoms with Crippen LogP contribution in [0.4, 0.5) is 17.1 Å². The van der Waals surface area contributed by atoms with Crippen LogP contribution in [0.15, 0.2) is 52.2 Å². The fourth-order valence-electron chi connectivity index (χ4n) is 2.78. The number of hydrogen-bond acceptors (Lipinski definition) is 7. The predicted molar refractivity (Wildman–Crippen MR) is 101 cm³/mol. The van der Waals surface area contributed by atoms with Crippen molar-refractivity contribution >= 4 is 23.0 Å². The van der Waals surface area contributed by atoms with E-state index in [1.165, 1.54) is 12.3 Å². The number of nitrogens with zero attached hydrogens (tertiary/aromatic N) is 1. The molecule has 0 spiro atoms. The van der Waals surface area contributed by atoms with Crippen molar-refractivity contribution in [2.24, 2.45) is 0 Å².